The van der Waals surface area contributed by atoms with Crippen LogP contribution in [-0.4, -0.2) is 28.5 Å². The van der Waals surface area contributed by atoms with Crippen LogP contribution in [-0.2, 0) is 27.3 Å². The van der Waals surface area contributed by atoms with Gasteiger partial charge in [0.05, 0.1) is 0 Å². The van der Waals surface area contributed by atoms with E-state index in [0.717, 1.165) is 11.1 Å². The number of carbonyl (C=O) groups is 2. The van der Waals surface area contributed by atoms with Crippen molar-refractivity contribution < 1.29 is 19.1 Å². The van der Waals surface area contributed by atoms with Crippen LogP contribution in [0.15, 0.2) is 60.7 Å². The number of nitrogens with one attached hydrogen (secondary N) is 1. The topological polar surface area (TPSA) is 64.6 Å². The summed E-state index contributed by atoms with van der Waals surface area (Å²) in [6, 6.07) is 17.3. The van der Waals surface area contributed by atoms with Crippen molar-refractivity contribution in [2.75, 3.05) is 6.61 Å². The van der Waals surface area contributed by atoms with Gasteiger partial charge in [0.25, 0.3) is 0 Å². The number of alkyl carbamates (subject to hydrolysis) is 1. The van der Waals surface area contributed by atoms with Crippen LogP contribution in [0.1, 0.15) is 11.1 Å². The molecule has 0 aliphatic rings. The van der Waals surface area contributed by atoms with Crippen molar-refractivity contribution in [3.63, 3.8) is 0 Å². The number of alkyl halides is 3. The number of rotatable bonds is 7. The highest BCUT2D eigenvalue weighted by Crippen LogP contribution is 2.26. The summed E-state index contributed by atoms with van der Waals surface area (Å²) in [5.74, 6) is -0.721. The minimum Gasteiger partial charge on any atom is -0.460 e. The van der Waals surface area contributed by atoms with Crippen molar-refractivity contribution in [1.29, 1.82) is 0 Å². The highest BCUT2D eigenvalue weighted by Gasteiger charge is 2.28. The van der Waals surface area contributed by atoms with Gasteiger partial charge in [-0.1, -0.05) is 95.5 Å². The molecule has 2 rings (SSSR count). The van der Waals surface area contributed by atoms with Crippen LogP contribution in [0.4, 0.5) is 4.79 Å². The lowest BCUT2D eigenvalue weighted by Crippen LogP contribution is -2.44. The van der Waals surface area contributed by atoms with E-state index < -0.39 is 28.5 Å². The van der Waals surface area contributed by atoms with E-state index in [-0.39, 0.29) is 13.0 Å². The zero-order chi connectivity index (χ0) is 19.7. The normalized spacial score (nSPS) is 12.1. The highest BCUT2D eigenvalue weighted by molar-refractivity contribution is 6.67. The second-order valence-electron chi connectivity index (χ2n) is 5.67. The molecule has 0 fully saturated rings. The molecule has 0 aliphatic heterocycles. The van der Waals surface area contributed by atoms with Crippen LogP contribution in [0.5, 0.6) is 0 Å². The van der Waals surface area contributed by atoms with Crippen molar-refractivity contribution in [3.8, 4) is 0 Å². The number of carbonyl (C=O) groups excluding carboxylic acids is 2. The fourth-order valence-corrected chi connectivity index (χ4v) is 2.37. The van der Waals surface area contributed by atoms with Crippen LogP contribution in [0.3, 0.4) is 0 Å². The molecule has 1 amide bonds. The van der Waals surface area contributed by atoms with E-state index in [1.165, 1.54) is 0 Å². The van der Waals surface area contributed by atoms with Crippen LogP contribution in [0.25, 0.3) is 0 Å². The maximum Gasteiger partial charge on any atom is 0.408 e. The average Bonchev–Trinajstić information content (AvgIpc) is 2.65. The molecule has 27 heavy (non-hydrogen) atoms. The van der Waals surface area contributed by atoms with Gasteiger partial charge in [0.15, 0.2) is 0 Å². The molecule has 0 radical (unpaired) electrons. The smallest absolute Gasteiger partial charge is 0.408 e. The van der Waals surface area contributed by atoms with Gasteiger partial charge in [0, 0.05) is 6.42 Å². The summed E-state index contributed by atoms with van der Waals surface area (Å²) in [4.78, 5) is 24.4. The van der Waals surface area contributed by atoms with Gasteiger partial charge in [0.1, 0.15) is 19.3 Å². The number of hydrogen-bond acceptors (Lipinski definition) is 4. The predicted octanol–water partition coefficient (Wildman–Crippen LogP) is 4.44. The molecule has 0 saturated carbocycles. The molecule has 8 heteroatoms. The molecule has 144 valence electrons. The first-order valence-corrected chi connectivity index (χ1v) is 9.21. The molecule has 0 saturated heterocycles. The minimum absolute atomic E-state index is 0.0773. The number of halogens is 3. The lowest BCUT2D eigenvalue weighted by molar-refractivity contribution is -0.145. The van der Waals surface area contributed by atoms with Crippen molar-refractivity contribution in [1.82, 2.24) is 5.32 Å². The lowest BCUT2D eigenvalue weighted by atomic mass is 10.1. The Kier molecular flexibility index (Phi) is 8.23. The molecule has 1 N–H and O–H groups in total. The summed E-state index contributed by atoms with van der Waals surface area (Å²) in [6.45, 7) is -0.351. The highest BCUT2D eigenvalue weighted by atomic mass is 35.6. The molecule has 5 nitrogen and oxygen atoms in total. The first kappa shape index (κ1) is 21.4. The number of hydrogen-bond donors (Lipinski definition) is 1. The number of benzene rings is 2. The maximum absolute atomic E-state index is 12.3. The third kappa shape index (κ3) is 8.52. The van der Waals surface area contributed by atoms with Crippen molar-refractivity contribution in [2.45, 2.75) is 22.9 Å². The zero-order valence-electron chi connectivity index (χ0n) is 14.2. The summed E-state index contributed by atoms with van der Waals surface area (Å²) in [6.07, 6.45) is -0.536. The van der Waals surface area contributed by atoms with Gasteiger partial charge in [-0.05, 0) is 11.1 Å². The quantitative estimate of drug-likeness (QED) is 0.521. The van der Waals surface area contributed by atoms with E-state index in [4.69, 9.17) is 44.3 Å². The van der Waals surface area contributed by atoms with Crippen LogP contribution < -0.4 is 5.32 Å². The molecule has 0 spiro atoms. The van der Waals surface area contributed by atoms with E-state index in [9.17, 15) is 9.59 Å². The van der Waals surface area contributed by atoms with Gasteiger partial charge < -0.3 is 14.8 Å². The third-order valence-electron chi connectivity index (χ3n) is 3.45. The van der Waals surface area contributed by atoms with E-state index in [1.807, 2.05) is 60.7 Å². The number of amides is 1. The Hall–Kier alpha value is -1.95. The Bertz CT molecular complexity index is 736. The molecule has 2 aromatic carbocycles. The van der Waals surface area contributed by atoms with E-state index >= 15 is 0 Å². The van der Waals surface area contributed by atoms with Crippen LogP contribution in [0.2, 0.25) is 0 Å². The lowest BCUT2D eigenvalue weighted by Gasteiger charge is -2.19. The van der Waals surface area contributed by atoms with Gasteiger partial charge in [-0.25, -0.2) is 9.59 Å². The second kappa shape index (κ2) is 10.4. The fraction of sp³-hybridized carbons (Fsp3) is 0.263. The molecule has 1 atom stereocenters. The Morgan fingerprint density at radius 3 is 2.00 bits per heavy atom. The summed E-state index contributed by atoms with van der Waals surface area (Å²) in [5, 5.41) is 2.51. The van der Waals surface area contributed by atoms with Crippen LogP contribution >= 0.6 is 34.8 Å². The summed E-state index contributed by atoms with van der Waals surface area (Å²) in [5.41, 5.74) is 1.66. The van der Waals surface area contributed by atoms with E-state index in [1.54, 1.807) is 0 Å². The molecule has 0 aromatic heterocycles. The predicted molar refractivity (Wildman–Crippen MR) is 105 cm³/mol. The molecule has 0 unspecified atom stereocenters. The maximum atomic E-state index is 12.3. The van der Waals surface area contributed by atoms with Crippen molar-refractivity contribution in [3.05, 3.63) is 71.8 Å². The summed E-state index contributed by atoms with van der Waals surface area (Å²) in [7, 11) is 0. The number of esters is 1. The van der Waals surface area contributed by atoms with Gasteiger partial charge in [-0.3, -0.25) is 0 Å². The molecule has 0 heterocycles. The zero-order valence-corrected chi connectivity index (χ0v) is 16.5. The van der Waals surface area contributed by atoms with Gasteiger partial charge in [0.2, 0.25) is 3.79 Å². The molecule has 0 bridgehead atoms. The Morgan fingerprint density at radius 2 is 1.44 bits per heavy atom. The van der Waals surface area contributed by atoms with Crippen molar-refractivity contribution >= 4 is 46.9 Å². The van der Waals surface area contributed by atoms with Gasteiger partial charge in [-0.2, -0.15) is 0 Å². The average molecular weight is 431 g/mol. The summed E-state index contributed by atoms with van der Waals surface area (Å²) < 4.78 is 8.42. The first-order chi connectivity index (χ1) is 12.8. The fourth-order valence-electron chi connectivity index (χ4n) is 2.20. The molecular formula is C19H18Cl3NO4. The summed E-state index contributed by atoms with van der Waals surface area (Å²) >= 11 is 16.8. The monoisotopic (exact) mass is 429 g/mol. The molecular weight excluding hydrogens is 413 g/mol. The minimum atomic E-state index is -1.74. The van der Waals surface area contributed by atoms with E-state index in [0.29, 0.717) is 0 Å². The SMILES string of the molecule is O=C(N[C@@H](Cc1ccccc1)C(=O)OCC(Cl)(Cl)Cl)OCc1ccccc1. The Labute approximate surface area is 172 Å². The Balaban J connectivity index is 1.97. The standard InChI is InChI=1S/C19H18Cl3NO4/c20-19(21,22)13-27-17(24)16(11-14-7-3-1-4-8-14)23-18(25)26-12-15-9-5-2-6-10-15/h1-10,16H,11-13H2,(H,23,25)/t16-/m0/s1. The van der Waals surface area contributed by atoms with Gasteiger partial charge >= 0.3 is 12.1 Å². The second-order valence-corrected chi connectivity index (χ2v) is 8.19. The third-order valence-corrected chi connectivity index (χ3v) is 3.78. The van der Waals surface area contributed by atoms with E-state index in [2.05, 4.69) is 5.32 Å². The molecule has 2 aromatic rings. The van der Waals surface area contributed by atoms with Crippen molar-refractivity contribution in [2.24, 2.45) is 0 Å². The van der Waals surface area contributed by atoms with Gasteiger partial charge in [-0.15, -0.1) is 0 Å². The van der Waals surface area contributed by atoms with Crippen LogP contribution in [0, 0.1) is 0 Å². The molecule has 0 aliphatic carbocycles. The number of ether oxygens (including phenoxy) is 2. The first-order valence-electron chi connectivity index (χ1n) is 8.08. The largest absolute Gasteiger partial charge is 0.460 e. The Morgan fingerprint density at radius 1 is 0.889 bits per heavy atom.